The SMILES string of the molecule is CCc1cc([C@@H](c2cccc(OC)c2)N2CCN(CCO)CC2)c(NC(=O)c2ccccc2)s1. The van der Waals surface area contributed by atoms with Crippen molar-refractivity contribution in [3.05, 3.63) is 82.2 Å². The Labute approximate surface area is 205 Å². The predicted octanol–water partition coefficient (Wildman–Crippen LogP) is 4.27. The van der Waals surface area contributed by atoms with Gasteiger partial charge in [0.25, 0.3) is 5.91 Å². The van der Waals surface area contributed by atoms with Crippen molar-refractivity contribution in [3.63, 3.8) is 0 Å². The Morgan fingerprint density at radius 2 is 1.85 bits per heavy atom. The summed E-state index contributed by atoms with van der Waals surface area (Å²) in [5.74, 6) is 0.728. The van der Waals surface area contributed by atoms with E-state index in [-0.39, 0.29) is 18.6 Å². The third-order valence-electron chi connectivity index (χ3n) is 6.32. The quantitative estimate of drug-likeness (QED) is 0.480. The van der Waals surface area contributed by atoms with Gasteiger partial charge in [0.2, 0.25) is 0 Å². The van der Waals surface area contributed by atoms with Gasteiger partial charge in [-0.2, -0.15) is 0 Å². The zero-order valence-corrected chi connectivity index (χ0v) is 20.7. The molecule has 1 aliphatic rings. The summed E-state index contributed by atoms with van der Waals surface area (Å²) in [7, 11) is 1.69. The number of thiophene rings is 1. The summed E-state index contributed by atoms with van der Waals surface area (Å²) < 4.78 is 5.53. The number of aliphatic hydroxyl groups excluding tert-OH is 1. The molecule has 6 nitrogen and oxygen atoms in total. The van der Waals surface area contributed by atoms with Crippen molar-refractivity contribution in [1.82, 2.24) is 9.80 Å². The monoisotopic (exact) mass is 479 g/mol. The topological polar surface area (TPSA) is 65.0 Å². The summed E-state index contributed by atoms with van der Waals surface area (Å²) in [5, 5.41) is 13.4. The Hall–Kier alpha value is -2.71. The second kappa shape index (κ2) is 11.6. The molecule has 3 aromatic rings. The molecule has 0 spiro atoms. The molecule has 0 unspecified atom stereocenters. The Kier molecular flexibility index (Phi) is 8.34. The van der Waals surface area contributed by atoms with Crippen molar-refractivity contribution in [1.29, 1.82) is 0 Å². The molecule has 180 valence electrons. The number of carbonyl (C=O) groups is 1. The van der Waals surface area contributed by atoms with Crippen LogP contribution in [0.4, 0.5) is 5.00 Å². The molecule has 7 heteroatoms. The first kappa shape index (κ1) is 24.4. The maximum atomic E-state index is 13.0. The number of hydrogen-bond donors (Lipinski definition) is 2. The van der Waals surface area contributed by atoms with E-state index in [1.807, 2.05) is 42.5 Å². The maximum Gasteiger partial charge on any atom is 0.256 e. The van der Waals surface area contributed by atoms with E-state index in [1.165, 1.54) is 4.88 Å². The van der Waals surface area contributed by atoms with Gasteiger partial charge in [0.05, 0.1) is 19.8 Å². The van der Waals surface area contributed by atoms with Gasteiger partial charge < -0.3 is 15.2 Å². The lowest BCUT2D eigenvalue weighted by molar-refractivity contribution is 0.0945. The molecule has 0 saturated carbocycles. The molecule has 0 radical (unpaired) electrons. The van der Waals surface area contributed by atoms with Crippen molar-refractivity contribution in [2.75, 3.05) is 51.8 Å². The van der Waals surface area contributed by atoms with Crippen molar-refractivity contribution in [2.24, 2.45) is 0 Å². The molecule has 2 heterocycles. The van der Waals surface area contributed by atoms with Gasteiger partial charge in [-0.3, -0.25) is 14.6 Å². The van der Waals surface area contributed by atoms with E-state index in [1.54, 1.807) is 18.4 Å². The second-order valence-electron chi connectivity index (χ2n) is 8.45. The number of nitrogens with zero attached hydrogens (tertiary/aromatic N) is 2. The molecule has 1 aromatic heterocycles. The van der Waals surface area contributed by atoms with Crippen LogP contribution < -0.4 is 10.1 Å². The number of hydrogen-bond acceptors (Lipinski definition) is 6. The van der Waals surface area contributed by atoms with Crippen LogP contribution in [0.25, 0.3) is 0 Å². The smallest absolute Gasteiger partial charge is 0.256 e. The Morgan fingerprint density at radius 3 is 2.53 bits per heavy atom. The maximum absolute atomic E-state index is 13.0. The summed E-state index contributed by atoms with van der Waals surface area (Å²) in [6.07, 6.45) is 0.911. The summed E-state index contributed by atoms with van der Waals surface area (Å²) in [6, 6.07) is 19.8. The fourth-order valence-electron chi connectivity index (χ4n) is 4.48. The van der Waals surface area contributed by atoms with Crippen LogP contribution in [0, 0.1) is 0 Å². The highest BCUT2D eigenvalue weighted by molar-refractivity contribution is 7.16. The van der Waals surface area contributed by atoms with E-state index in [9.17, 15) is 9.90 Å². The lowest BCUT2D eigenvalue weighted by atomic mass is 9.97. The van der Waals surface area contributed by atoms with Gasteiger partial charge in [-0.05, 0) is 42.3 Å². The number of nitrogens with one attached hydrogen (secondary N) is 1. The molecule has 4 rings (SSSR count). The number of rotatable bonds is 9. The summed E-state index contributed by atoms with van der Waals surface area (Å²) in [4.78, 5) is 19.1. The lowest BCUT2D eigenvalue weighted by Crippen LogP contribution is -2.48. The molecule has 1 amide bonds. The summed E-state index contributed by atoms with van der Waals surface area (Å²) >= 11 is 1.65. The van der Waals surface area contributed by atoms with Gasteiger partial charge >= 0.3 is 0 Å². The highest BCUT2D eigenvalue weighted by Gasteiger charge is 2.30. The molecule has 0 bridgehead atoms. The number of ether oxygens (including phenoxy) is 1. The van der Waals surface area contributed by atoms with E-state index in [0.717, 1.165) is 54.5 Å². The highest BCUT2D eigenvalue weighted by Crippen LogP contribution is 2.40. The minimum atomic E-state index is -0.0940. The predicted molar refractivity (Wildman–Crippen MR) is 138 cm³/mol. The molecule has 1 fully saturated rings. The second-order valence-corrected chi connectivity index (χ2v) is 9.59. The number of amides is 1. The van der Waals surface area contributed by atoms with Crippen molar-refractivity contribution < 1.29 is 14.6 Å². The number of benzene rings is 2. The Morgan fingerprint density at radius 1 is 1.09 bits per heavy atom. The van der Waals surface area contributed by atoms with Crippen molar-refractivity contribution in [3.8, 4) is 5.75 Å². The minimum absolute atomic E-state index is 0.00556. The number of carbonyl (C=O) groups excluding carboxylic acids is 1. The van der Waals surface area contributed by atoms with Crippen LogP contribution in [-0.4, -0.2) is 67.3 Å². The molecule has 2 aromatic carbocycles. The normalized spacial score (nSPS) is 15.7. The lowest BCUT2D eigenvalue weighted by Gasteiger charge is -2.39. The molecule has 1 aliphatic heterocycles. The number of methoxy groups -OCH3 is 1. The third-order valence-corrected chi connectivity index (χ3v) is 7.53. The largest absolute Gasteiger partial charge is 0.497 e. The van der Waals surface area contributed by atoms with Gasteiger partial charge in [0.1, 0.15) is 10.8 Å². The first-order valence-corrected chi connectivity index (χ1v) is 12.6. The van der Waals surface area contributed by atoms with Gasteiger partial charge in [-0.15, -0.1) is 11.3 Å². The standard InChI is InChI=1S/C27H33N3O3S/c1-3-23-19-24(27(34-23)28-26(32)20-8-5-4-6-9-20)25(21-10-7-11-22(18-21)33-2)30-14-12-29(13-15-30)16-17-31/h4-11,18-19,25,31H,3,12-17H2,1-2H3,(H,28,32)/t25-/m1/s1. The average Bonchev–Trinajstić information content (AvgIpc) is 3.28. The van der Waals surface area contributed by atoms with Crippen LogP contribution in [0.15, 0.2) is 60.7 Å². The molecule has 34 heavy (non-hydrogen) atoms. The number of β-amino-alcohol motifs (C(OH)–C–C–N with tert-alkyl or cyclic N) is 1. The average molecular weight is 480 g/mol. The molecular weight excluding hydrogens is 446 g/mol. The van der Waals surface area contributed by atoms with Crippen molar-refractivity contribution in [2.45, 2.75) is 19.4 Å². The zero-order valence-electron chi connectivity index (χ0n) is 19.9. The number of piperazine rings is 1. The van der Waals surface area contributed by atoms with Crippen LogP contribution in [0.1, 0.15) is 39.3 Å². The highest BCUT2D eigenvalue weighted by atomic mass is 32.1. The van der Waals surface area contributed by atoms with Gasteiger partial charge in [0, 0.05) is 48.7 Å². The molecule has 1 atom stereocenters. The number of aliphatic hydroxyl groups is 1. The zero-order chi connectivity index (χ0) is 23.9. The Balaban J connectivity index is 1.70. The molecule has 0 aliphatic carbocycles. The van der Waals surface area contributed by atoms with Crippen LogP contribution in [0.2, 0.25) is 0 Å². The third kappa shape index (κ3) is 5.67. The first-order valence-electron chi connectivity index (χ1n) is 11.8. The van der Waals surface area contributed by atoms with Gasteiger partial charge in [0.15, 0.2) is 0 Å². The van der Waals surface area contributed by atoms with E-state index < -0.39 is 0 Å². The van der Waals surface area contributed by atoms with Crippen LogP contribution in [-0.2, 0) is 6.42 Å². The van der Waals surface area contributed by atoms with Crippen LogP contribution in [0.5, 0.6) is 5.75 Å². The molecule has 1 saturated heterocycles. The van der Waals surface area contributed by atoms with E-state index in [2.05, 4.69) is 40.2 Å². The van der Waals surface area contributed by atoms with Crippen molar-refractivity contribution >= 4 is 22.2 Å². The minimum Gasteiger partial charge on any atom is -0.497 e. The first-order chi connectivity index (χ1) is 16.6. The number of anilines is 1. The Bertz CT molecular complexity index is 1080. The van der Waals surface area contributed by atoms with E-state index in [0.29, 0.717) is 12.1 Å². The van der Waals surface area contributed by atoms with Gasteiger partial charge in [-0.25, -0.2) is 0 Å². The summed E-state index contributed by atoms with van der Waals surface area (Å²) in [6.45, 7) is 6.59. The van der Waals surface area contributed by atoms with Crippen LogP contribution >= 0.6 is 11.3 Å². The van der Waals surface area contributed by atoms with Crippen LogP contribution in [0.3, 0.4) is 0 Å². The van der Waals surface area contributed by atoms with E-state index >= 15 is 0 Å². The summed E-state index contributed by atoms with van der Waals surface area (Å²) in [5.41, 5.74) is 2.91. The van der Waals surface area contributed by atoms with E-state index in [4.69, 9.17) is 4.74 Å². The molecular formula is C27H33N3O3S. The molecule has 2 N–H and O–H groups in total. The fourth-order valence-corrected chi connectivity index (χ4v) is 5.51. The fraction of sp³-hybridized carbons (Fsp3) is 0.370. The van der Waals surface area contributed by atoms with Gasteiger partial charge in [-0.1, -0.05) is 37.3 Å². The number of aryl methyl sites for hydroxylation is 1.